The van der Waals surface area contributed by atoms with Crippen LogP contribution in [0.2, 0.25) is 5.02 Å². The van der Waals surface area contributed by atoms with Crippen molar-refractivity contribution in [3.05, 3.63) is 45.4 Å². The van der Waals surface area contributed by atoms with Gasteiger partial charge in [-0.15, -0.1) is 0 Å². The topological polar surface area (TPSA) is 81.2 Å². The second-order valence-electron chi connectivity index (χ2n) is 4.53. The van der Waals surface area contributed by atoms with Crippen molar-refractivity contribution >= 4 is 17.3 Å². The van der Waals surface area contributed by atoms with Gasteiger partial charge in [0.25, 0.3) is 5.69 Å². The third-order valence-corrected chi connectivity index (χ3v) is 3.14. The summed E-state index contributed by atoms with van der Waals surface area (Å²) in [5, 5.41) is 14.4. The van der Waals surface area contributed by atoms with Crippen molar-refractivity contribution in [2.45, 2.75) is 19.8 Å². The zero-order chi connectivity index (χ0) is 15.2. The Kier molecular flexibility index (Phi) is 5.30. The zero-order valence-corrected chi connectivity index (χ0v) is 12.4. The minimum absolute atomic E-state index is 0.0670. The molecule has 0 spiro atoms. The van der Waals surface area contributed by atoms with Crippen molar-refractivity contribution in [3.63, 3.8) is 0 Å². The lowest BCUT2D eigenvalue weighted by atomic mass is 10.1. The van der Waals surface area contributed by atoms with Crippen LogP contribution in [-0.2, 0) is 6.42 Å². The van der Waals surface area contributed by atoms with Gasteiger partial charge in [-0.1, -0.05) is 18.5 Å². The van der Waals surface area contributed by atoms with Crippen LogP contribution < -0.4 is 5.32 Å². The Morgan fingerprint density at radius 3 is 2.95 bits per heavy atom. The van der Waals surface area contributed by atoms with Crippen molar-refractivity contribution in [2.24, 2.45) is 0 Å². The maximum absolute atomic E-state index is 10.8. The van der Waals surface area contributed by atoms with E-state index < -0.39 is 4.92 Å². The average molecular weight is 310 g/mol. The zero-order valence-electron chi connectivity index (χ0n) is 11.6. The van der Waals surface area contributed by atoms with E-state index in [0.717, 1.165) is 25.9 Å². The normalized spacial score (nSPS) is 10.8. The van der Waals surface area contributed by atoms with Crippen molar-refractivity contribution in [1.82, 2.24) is 10.3 Å². The smallest absolute Gasteiger partial charge is 0.271 e. The van der Waals surface area contributed by atoms with Crippen molar-refractivity contribution < 1.29 is 9.34 Å². The lowest BCUT2D eigenvalue weighted by molar-refractivity contribution is -0.384. The molecule has 7 heteroatoms. The Hall–Kier alpha value is -1.92. The second-order valence-corrected chi connectivity index (χ2v) is 4.97. The Labute approximate surface area is 127 Å². The second kappa shape index (κ2) is 7.19. The van der Waals surface area contributed by atoms with Gasteiger partial charge in [-0.05, 0) is 25.6 Å². The predicted molar refractivity (Wildman–Crippen MR) is 80.5 cm³/mol. The molecule has 21 heavy (non-hydrogen) atoms. The maximum atomic E-state index is 10.8. The Morgan fingerprint density at radius 1 is 1.43 bits per heavy atom. The lowest BCUT2D eigenvalue weighted by Crippen LogP contribution is -2.14. The largest absolute Gasteiger partial charge is 0.441 e. The molecule has 1 aromatic heterocycles. The fourth-order valence-electron chi connectivity index (χ4n) is 1.92. The van der Waals surface area contributed by atoms with Crippen LogP contribution in [0.3, 0.4) is 0 Å². The van der Waals surface area contributed by atoms with Crippen molar-refractivity contribution in [2.75, 3.05) is 13.1 Å². The van der Waals surface area contributed by atoms with Crippen LogP contribution in [0.1, 0.15) is 19.2 Å². The number of hydrogen-bond donors (Lipinski definition) is 1. The molecule has 0 aliphatic rings. The number of non-ortho nitro benzene ring substituents is 1. The van der Waals surface area contributed by atoms with Gasteiger partial charge in [0.05, 0.1) is 11.1 Å². The number of oxazole rings is 1. The summed E-state index contributed by atoms with van der Waals surface area (Å²) in [5.74, 6) is 1.10. The molecule has 0 fully saturated rings. The maximum Gasteiger partial charge on any atom is 0.271 e. The van der Waals surface area contributed by atoms with E-state index in [2.05, 4.69) is 17.2 Å². The molecule has 1 heterocycles. The van der Waals surface area contributed by atoms with Gasteiger partial charge in [0.1, 0.15) is 0 Å². The van der Waals surface area contributed by atoms with Crippen LogP contribution in [0.5, 0.6) is 0 Å². The molecule has 2 rings (SSSR count). The number of halogens is 1. The van der Waals surface area contributed by atoms with Gasteiger partial charge in [-0.25, -0.2) is 4.98 Å². The number of aromatic nitrogens is 1. The molecule has 0 saturated heterocycles. The predicted octanol–water partition coefficient (Wildman–Crippen LogP) is 3.45. The van der Waals surface area contributed by atoms with Gasteiger partial charge in [-0.2, -0.15) is 0 Å². The number of nitrogens with zero attached hydrogens (tertiary/aromatic N) is 2. The highest BCUT2D eigenvalue weighted by atomic mass is 35.5. The number of aryl methyl sites for hydroxylation is 1. The van der Waals surface area contributed by atoms with Gasteiger partial charge >= 0.3 is 0 Å². The number of nitro benzene ring substituents is 1. The third-order valence-electron chi connectivity index (χ3n) is 2.93. The highest BCUT2D eigenvalue weighted by Gasteiger charge is 2.13. The summed E-state index contributed by atoms with van der Waals surface area (Å²) in [6.45, 7) is 3.88. The minimum Gasteiger partial charge on any atom is -0.441 e. The number of hydrogen-bond acceptors (Lipinski definition) is 5. The molecule has 0 aliphatic carbocycles. The molecular weight excluding hydrogens is 294 g/mol. The van der Waals surface area contributed by atoms with Gasteiger partial charge in [-0.3, -0.25) is 10.1 Å². The highest BCUT2D eigenvalue weighted by Crippen LogP contribution is 2.29. The molecule has 0 aliphatic heterocycles. The van der Waals surface area contributed by atoms with E-state index in [1.807, 2.05) is 0 Å². The fraction of sp³-hybridized carbons (Fsp3) is 0.357. The Bertz CT molecular complexity index is 628. The summed E-state index contributed by atoms with van der Waals surface area (Å²) in [6, 6.07) is 4.35. The third kappa shape index (κ3) is 4.27. The molecule has 2 aromatic rings. The molecule has 0 atom stereocenters. The first-order valence-corrected chi connectivity index (χ1v) is 7.08. The van der Waals surface area contributed by atoms with Gasteiger partial charge in [0, 0.05) is 29.1 Å². The summed E-state index contributed by atoms with van der Waals surface area (Å²) >= 11 is 5.89. The van der Waals surface area contributed by atoms with E-state index in [1.54, 1.807) is 12.3 Å². The number of rotatable bonds is 7. The quantitative estimate of drug-likeness (QED) is 0.481. The summed E-state index contributed by atoms with van der Waals surface area (Å²) in [7, 11) is 0. The summed E-state index contributed by atoms with van der Waals surface area (Å²) in [5.41, 5.74) is 0.488. The molecule has 112 valence electrons. The fourth-order valence-corrected chi connectivity index (χ4v) is 2.15. The minimum atomic E-state index is -0.483. The van der Waals surface area contributed by atoms with E-state index in [0.29, 0.717) is 22.2 Å². The van der Waals surface area contributed by atoms with E-state index in [4.69, 9.17) is 16.0 Å². The van der Waals surface area contributed by atoms with Crippen LogP contribution >= 0.6 is 11.6 Å². The van der Waals surface area contributed by atoms with Crippen LogP contribution in [0.15, 0.2) is 28.8 Å². The van der Waals surface area contributed by atoms with Crippen LogP contribution in [0.4, 0.5) is 5.69 Å². The molecular formula is C14H16ClN3O3. The molecule has 0 amide bonds. The first kappa shape index (κ1) is 15.5. The van der Waals surface area contributed by atoms with E-state index in [-0.39, 0.29) is 5.69 Å². The standard InChI is InChI=1S/C14H16ClN3O3/c1-2-16-5-3-4-14-17-9-13(21-14)10-6-11(15)8-12(7-10)18(19)20/h6-9,16H,2-5H2,1H3. The average Bonchev–Trinajstić information content (AvgIpc) is 2.92. The molecule has 1 aromatic carbocycles. The van der Waals surface area contributed by atoms with E-state index in [1.165, 1.54) is 12.1 Å². The van der Waals surface area contributed by atoms with Gasteiger partial charge < -0.3 is 9.73 Å². The van der Waals surface area contributed by atoms with E-state index >= 15 is 0 Å². The summed E-state index contributed by atoms with van der Waals surface area (Å²) < 4.78 is 5.62. The van der Waals surface area contributed by atoms with Crippen LogP contribution in [-0.4, -0.2) is 23.0 Å². The Morgan fingerprint density at radius 2 is 2.24 bits per heavy atom. The first-order valence-electron chi connectivity index (χ1n) is 6.71. The molecule has 1 N–H and O–H groups in total. The summed E-state index contributed by atoms with van der Waals surface area (Å²) in [4.78, 5) is 14.5. The monoisotopic (exact) mass is 309 g/mol. The first-order chi connectivity index (χ1) is 10.1. The molecule has 6 nitrogen and oxygen atoms in total. The molecule has 0 radical (unpaired) electrons. The molecule has 0 bridgehead atoms. The van der Waals surface area contributed by atoms with E-state index in [9.17, 15) is 10.1 Å². The highest BCUT2D eigenvalue weighted by molar-refractivity contribution is 6.31. The van der Waals surface area contributed by atoms with Gasteiger partial charge in [0.2, 0.25) is 0 Å². The Balaban J connectivity index is 2.12. The number of benzene rings is 1. The number of nitrogens with one attached hydrogen (secondary N) is 1. The number of nitro groups is 1. The van der Waals surface area contributed by atoms with Crippen molar-refractivity contribution in [1.29, 1.82) is 0 Å². The van der Waals surface area contributed by atoms with Gasteiger partial charge in [0.15, 0.2) is 11.7 Å². The SMILES string of the molecule is CCNCCCc1ncc(-c2cc(Cl)cc([N+](=O)[O-])c2)o1. The molecule has 0 saturated carbocycles. The lowest BCUT2D eigenvalue weighted by Gasteiger charge is -2.00. The summed E-state index contributed by atoms with van der Waals surface area (Å²) in [6.07, 6.45) is 3.21. The van der Waals surface area contributed by atoms with Crippen LogP contribution in [0, 0.1) is 10.1 Å². The molecule has 0 unspecified atom stereocenters. The van der Waals surface area contributed by atoms with Crippen LogP contribution in [0.25, 0.3) is 11.3 Å². The van der Waals surface area contributed by atoms with Crippen molar-refractivity contribution in [3.8, 4) is 11.3 Å².